The first-order valence-electron chi connectivity index (χ1n) is 7.49. The summed E-state index contributed by atoms with van der Waals surface area (Å²) in [6, 6.07) is 6.28. The smallest absolute Gasteiger partial charge is 0.222 e. The Kier molecular flexibility index (Phi) is 7.58. The number of carbonyl (C=O) groups is 1. The number of benzene rings is 1. The molecule has 1 amide bonds. The minimum absolute atomic E-state index is 0.118. The number of hydrogen-bond acceptors (Lipinski definition) is 2. The van der Waals surface area contributed by atoms with Gasteiger partial charge in [0.05, 0.1) is 6.54 Å². The number of amides is 1. The normalized spacial score (nSPS) is 10.8. The zero-order chi connectivity index (χ0) is 15.8. The topological polar surface area (TPSA) is 29.5 Å². The van der Waals surface area contributed by atoms with Crippen molar-refractivity contribution in [2.24, 2.45) is 0 Å². The van der Waals surface area contributed by atoms with Crippen LogP contribution in [0.5, 0.6) is 5.75 Å². The number of likely N-dealkylation sites (N-methyl/N-ethyl adjacent to an activating group) is 1. The lowest BCUT2D eigenvalue weighted by Gasteiger charge is -2.19. The predicted octanol–water partition coefficient (Wildman–Crippen LogP) is 3.97. The average Bonchev–Trinajstić information content (AvgIpc) is 2.44. The lowest BCUT2D eigenvalue weighted by atomic mass is 10.0. The maximum absolute atomic E-state index is 11.8. The molecule has 0 unspecified atom stereocenters. The summed E-state index contributed by atoms with van der Waals surface area (Å²) in [7, 11) is 1.81. The molecule has 0 fully saturated rings. The zero-order valence-electron chi connectivity index (χ0n) is 13.5. The summed E-state index contributed by atoms with van der Waals surface area (Å²) >= 11 is 5.60. The van der Waals surface area contributed by atoms with Gasteiger partial charge in [-0.05, 0) is 36.5 Å². The Hall–Kier alpha value is -1.22. The first-order chi connectivity index (χ1) is 9.95. The Balaban J connectivity index is 2.52. The summed E-state index contributed by atoms with van der Waals surface area (Å²) in [6.45, 7) is 7.45. The van der Waals surface area contributed by atoms with Gasteiger partial charge in [0.25, 0.3) is 0 Å². The number of halogens is 1. The summed E-state index contributed by atoms with van der Waals surface area (Å²) in [6.07, 6.45) is 1.22. The molecule has 0 aliphatic carbocycles. The van der Waals surface area contributed by atoms with Crippen molar-refractivity contribution in [1.82, 2.24) is 4.90 Å². The van der Waals surface area contributed by atoms with Crippen LogP contribution in [-0.4, -0.2) is 36.9 Å². The second kappa shape index (κ2) is 8.93. The monoisotopic (exact) mass is 311 g/mol. The van der Waals surface area contributed by atoms with E-state index in [0.29, 0.717) is 31.4 Å². The van der Waals surface area contributed by atoms with E-state index in [4.69, 9.17) is 16.3 Å². The number of aryl methyl sites for hydroxylation is 1. The van der Waals surface area contributed by atoms with Gasteiger partial charge >= 0.3 is 0 Å². The fraction of sp³-hybridized carbons (Fsp3) is 0.588. The van der Waals surface area contributed by atoms with Crippen LogP contribution in [0.4, 0.5) is 0 Å². The third-order valence-electron chi connectivity index (χ3n) is 3.43. The van der Waals surface area contributed by atoms with Gasteiger partial charge in [0.2, 0.25) is 5.91 Å². The lowest BCUT2D eigenvalue weighted by Crippen LogP contribution is -2.30. The Labute approximate surface area is 133 Å². The highest BCUT2D eigenvalue weighted by Gasteiger charge is 2.10. The summed E-state index contributed by atoms with van der Waals surface area (Å²) in [4.78, 5) is 13.5. The van der Waals surface area contributed by atoms with Crippen molar-refractivity contribution >= 4 is 17.5 Å². The molecule has 1 aromatic carbocycles. The van der Waals surface area contributed by atoms with Gasteiger partial charge in [-0.3, -0.25) is 4.79 Å². The van der Waals surface area contributed by atoms with Gasteiger partial charge < -0.3 is 9.64 Å². The molecule has 0 heterocycles. The van der Waals surface area contributed by atoms with Crippen LogP contribution in [0.2, 0.25) is 0 Å². The molecule has 0 aliphatic rings. The second-order valence-corrected chi connectivity index (χ2v) is 6.03. The molecule has 0 atom stereocenters. The zero-order valence-corrected chi connectivity index (χ0v) is 14.2. The summed E-state index contributed by atoms with van der Waals surface area (Å²) in [5.41, 5.74) is 2.39. The quantitative estimate of drug-likeness (QED) is 0.680. The molecule has 1 rings (SSSR count). The second-order valence-electron chi connectivity index (χ2n) is 5.65. The van der Waals surface area contributed by atoms with Crippen molar-refractivity contribution in [3.63, 3.8) is 0 Å². The molecule has 0 N–H and O–H groups in total. The SMILES string of the molecule is Cc1ccc(C(C)C)c(OCCN(C)C(=O)CCCCl)c1. The molecule has 0 aliphatic heterocycles. The van der Waals surface area contributed by atoms with Gasteiger partial charge in [0.1, 0.15) is 12.4 Å². The van der Waals surface area contributed by atoms with E-state index in [1.165, 1.54) is 11.1 Å². The van der Waals surface area contributed by atoms with Gasteiger partial charge in [-0.2, -0.15) is 0 Å². The number of hydrogen-bond donors (Lipinski definition) is 0. The molecule has 3 nitrogen and oxygen atoms in total. The Bertz CT molecular complexity index is 460. The van der Waals surface area contributed by atoms with Crippen LogP contribution in [0.1, 0.15) is 43.7 Å². The van der Waals surface area contributed by atoms with Gasteiger partial charge in [-0.25, -0.2) is 0 Å². The number of nitrogens with zero attached hydrogens (tertiary/aromatic N) is 1. The van der Waals surface area contributed by atoms with Gasteiger partial charge in [-0.15, -0.1) is 11.6 Å². The third kappa shape index (κ3) is 5.96. The van der Waals surface area contributed by atoms with Gasteiger partial charge in [-0.1, -0.05) is 26.0 Å². The average molecular weight is 312 g/mol. The molecule has 0 saturated carbocycles. The summed E-state index contributed by atoms with van der Waals surface area (Å²) in [5, 5.41) is 0. The molecule has 0 bridgehead atoms. The molecular formula is C17H26ClNO2. The molecule has 0 radical (unpaired) electrons. The summed E-state index contributed by atoms with van der Waals surface area (Å²) in [5.74, 6) is 1.99. The largest absolute Gasteiger partial charge is 0.491 e. The van der Waals surface area contributed by atoms with Crippen molar-refractivity contribution in [2.45, 2.75) is 39.5 Å². The van der Waals surface area contributed by atoms with Crippen LogP contribution in [0.25, 0.3) is 0 Å². The molecule has 0 spiro atoms. The Morgan fingerprint density at radius 1 is 1.38 bits per heavy atom. The lowest BCUT2D eigenvalue weighted by molar-refractivity contribution is -0.130. The molecule has 4 heteroatoms. The van der Waals surface area contributed by atoms with E-state index in [0.717, 1.165) is 12.2 Å². The molecule has 1 aromatic rings. The van der Waals surface area contributed by atoms with Crippen molar-refractivity contribution in [2.75, 3.05) is 26.1 Å². The maximum atomic E-state index is 11.8. The number of rotatable bonds is 8. The Morgan fingerprint density at radius 2 is 2.10 bits per heavy atom. The van der Waals surface area contributed by atoms with Gasteiger partial charge in [0.15, 0.2) is 0 Å². The van der Waals surface area contributed by atoms with E-state index in [9.17, 15) is 4.79 Å². The van der Waals surface area contributed by atoms with Crippen LogP contribution < -0.4 is 4.74 Å². The van der Waals surface area contributed by atoms with Gasteiger partial charge in [0, 0.05) is 19.3 Å². The third-order valence-corrected chi connectivity index (χ3v) is 3.69. The highest BCUT2D eigenvalue weighted by Crippen LogP contribution is 2.27. The molecule has 118 valence electrons. The van der Waals surface area contributed by atoms with E-state index in [1.54, 1.807) is 11.9 Å². The summed E-state index contributed by atoms with van der Waals surface area (Å²) < 4.78 is 5.88. The number of carbonyl (C=O) groups excluding carboxylic acids is 1. The molecule has 0 saturated heterocycles. The van der Waals surface area contributed by atoms with E-state index in [-0.39, 0.29) is 5.91 Å². The highest BCUT2D eigenvalue weighted by molar-refractivity contribution is 6.17. The van der Waals surface area contributed by atoms with E-state index < -0.39 is 0 Å². The minimum atomic E-state index is 0.118. The van der Waals surface area contributed by atoms with Crippen molar-refractivity contribution < 1.29 is 9.53 Å². The Morgan fingerprint density at radius 3 is 2.71 bits per heavy atom. The predicted molar refractivity (Wildman–Crippen MR) is 88.4 cm³/mol. The molecule has 0 aromatic heterocycles. The van der Waals surface area contributed by atoms with Crippen LogP contribution in [-0.2, 0) is 4.79 Å². The minimum Gasteiger partial charge on any atom is -0.491 e. The fourth-order valence-corrected chi connectivity index (χ4v) is 2.20. The van der Waals surface area contributed by atoms with E-state index >= 15 is 0 Å². The molecular weight excluding hydrogens is 286 g/mol. The van der Waals surface area contributed by atoms with Crippen LogP contribution >= 0.6 is 11.6 Å². The fourth-order valence-electron chi connectivity index (χ4n) is 2.07. The number of ether oxygens (including phenoxy) is 1. The van der Waals surface area contributed by atoms with Crippen LogP contribution in [0.3, 0.4) is 0 Å². The van der Waals surface area contributed by atoms with Crippen LogP contribution in [0, 0.1) is 6.92 Å². The van der Waals surface area contributed by atoms with Crippen molar-refractivity contribution in [3.05, 3.63) is 29.3 Å². The van der Waals surface area contributed by atoms with Crippen LogP contribution in [0.15, 0.2) is 18.2 Å². The maximum Gasteiger partial charge on any atom is 0.222 e. The standard InChI is InChI=1S/C17H26ClNO2/c1-13(2)15-8-7-14(3)12-16(15)21-11-10-19(4)17(20)6-5-9-18/h7-8,12-13H,5-6,9-11H2,1-4H3. The van der Waals surface area contributed by atoms with E-state index in [2.05, 4.69) is 39.0 Å². The number of alkyl halides is 1. The van der Waals surface area contributed by atoms with Crippen molar-refractivity contribution in [1.29, 1.82) is 0 Å². The van der Waals surface area contributed by atoms with Crippen molar-refractivity contribution in [3.8, 4) is 5.75 Å². The molecule has 21 heavy (non-hydrogen) atoms. The first-order valence-corrected chi connectivity index (χ1v) is 8.02. The highest BCUT2D eigenvalue weighted by atomic mass is 35.5. The van der Waals surface area contributed by atoms with E-state index in [1.807, 2.05) is 0 Å². The first kappa shape index (κ1) is 17.8.